The summed E-state index contributed by atoms with van der Waals surface area (Å²) in [4.78, 5) is 25.7. The zero-order valence-electron chi connectivity index (χ0n) is 18.2. The van der Waals surface area contributed by atoms with Gasteiger partial charge < -0.3 is 19.6 Å². The highest BCUT2D eigenvalue weighted by molar-refractivity contribution is 5.93. The number of methoxy groups -OCH3 is 1. The second-order valence-corrected chi connectivity index (χ2v) is 8.35. The SMILES string of the molecule is COc1cccc(-c2ccc3c(c2)[C@@H]2[C@@H](CCN2C(=O)c2cnccn2)[C@@H](CO)N3C)c1. The van der Waals surface area contributed by atoms with Gasteiger partial charge in [0.2, 0.25) is 0 Å². The van der Waals surface area contributed by atoms with E-state index in [1.165, 1.54) is 6.20 Å². The van der Waals surface area contributed by atoms with Gasteiger partial charge in [-0.15, -0.1) is 0 Å². The molecular weight excluding hydrogens is 404 g/mol. The quantitative estimate of drug-likeness (QED) is 0.685. The summed E-state index contributed by atoms with van der Waals surface area (Å²) in [6.07, 6.45) is 5.45. The Hall–Kier alpha value is -3.45. The van der Waals surface area contributed by atoms with E-state index >= 15 is 0 Å². The predicted octanol–water partition coefficient (Wildman–Crippen LogP) is 3.17. The number of fused-ring (bicyclic) bond motifs is 3. The number of nitrogens with zero attached hydrogens (tertiary/aromatic N) is 4. The Bertz CT molecular complexity index is 1140. The van der Waals surface area contributed by atoms with Crippen LogP contribution in [0.3, 0.4) is 0 Å². The van der Waals surface area contributed by atoms with Crippen molar-refractivity contribution < 1.29 is 14.6 Å². The lowest BCUT2D eigenvalue weighted by molar-refractivity contribution is 0.0687. The van der Waals surface area contributed by atoms with Crippen molar-refractivity contribution in [2.45, 2.75) is 18.5 Å². The molecule has 1 saturated heterocycles. The first-order chi connectivity index (χ1) is 15.6. The van der Waals surface area contributed by atoms with Crippen molar-refractivity contribution in [3.8, 4) is 16.9 Å². The van der Waals surface area contributed by atoms with Crippen molar-refractivity contribution in [3.05, 3.63) is 72.3 Å². The van der Waals surface area contributed by atoms with E-state index in [0.717, 1.165) is 34.5 Å². The van der Waals surface area contributed by atoms with Crippen LogP contribution in [0.15, 0.2) is 61.1 Å². The van der Waals surface area contributed by atoms with E-state index in [1.54, 1.807) is 19.5 Å². The molecule has 5 rings (SSSR count). The Kier molecular flexibility index (Phi) is 5.27. The van der Waals surface area contributed by atoms with E-state index in [9.17, 15) is 9.90 Å². The van der Waals surface area contributed by atoms with E-state index in [2.05, 4.69) is 39.1 Å². The van der Waals surface area contributed by atoms with Gasteiger partial charge in [-0.1, -0.05) is 18.2 Å². The van der Waals surface area contributed by atoms with Crippen molar-refractivity contribution in [3.63, 3.8) is 0 Å². The number of hydrogen-bond donors (Lipinski definition) is 1. The summed E-state index contributed by atoms with van der Waals surface area (Å²) in [6.45, 7) is 0.666. The lowest BCUT2D eigenvalue weighted by Crippen LogP contribution is -2.48. The third-order valence-electron chi connectivity index (χ3n) is 6.80. The third-order valence-corrected chi connectivity index (χ3v) is 6.80. The highest BCUT2D eigenvalue weighted by Crippen LogP contribution is 2.49. The number of likely N-dealkylation sites (tertiary alicyclic amines) is 1. The minimum Gasteiger partial charge on any atom is -0.497 e. The summed E-state index contributed by atoms with van der Waals surface area (Å²) in [7, 11) is 3.68. The van der Waals surface area contributed by atoms with Gasteiger partial charge >= 0.3 is 0 Å². The lowest BCUT2D eigenvalue weighted by Gasteiger charge is -2.44. The topological polar surface area (TPSA) is 78.8 Å². The van der Waals surface area contributed by atoms with Gasteiger partial charge in [0.1, 0.15) is 11.4 Å². The number of anilines is 1. The van der Waals surface area contributed by atoms with Gasteiger partial charge in [0.25, 0.3) is 5.91 Å². The Morgan fingerprint density at radius 3 is 2.78 bits per heavy atom. The number of amides is 1. The molecule has 2 aliphatic rings. The summed E-state index contributed by atoms with van der Waals surface area (Å²) < 4.78 is 5.40. The van der Waals surface area contributed by atoms with E-state index in [-0.39, 0.29) is 30.5 Å². The molecule has 7 nitrogen and oxygen atoms in total. The number of carbonyl (C=O) groups excluding carboxylic acids is 1. The summed E-state index contributed by atoms with van der Waals surface area (Å²) in [5.74, 6) is 0.819. The smallest absolute Gasteiger partial charge is 0.274 e. The largest absolute Gasteiger partial charge is 0.497 e. The fraction of sp³-hybridized carbons (Fsp3) is 0.320. The molecule has 0 unspecified atom stereocenters. The molecule has 7 heteroatoms. The number of likely N-dealkylation sites (N-methyl/N-ethyl adjacent to an activating group) is 1. The molecule has 0 saturated carbocycles. The summed E-state index contributed by atoms with van der Waals surface area (Å²) in [5, 5.41) is 10.2. The number of aliphatic hydroxyl groups is 1. The predicted molar refractivity (Wildman–Crippen MR) is 122 cm³/mol. The number of benzene rings is 2. The van der Waals surface area contributed by atoms with Gasteiger partial charge in [-0.25, -0.2) is 4.98 Å². The van der Waals surface area contributed by atoms with Crippen LogP contribution < -0.4 is 9.64 Å². The monoisotopic (exact) mass is 430 g/mol. The van der Waals surface area contributed by atoms with Crippen molar-refractivity contribution >= 4 is 11.6 Å². The van der Waals surface area contributed by atoms with Gasteiger partial charge in [-0.2, -0.15) is 0 Å². The maximum absolute atomic E-state index is 13.4. The molecular formula is C25H26N4O3. The zero-order chi connectivity index (χ0) is 22.2. The third kappa shape index (κ3) is 3.29. The second kappa shape index (κ2) is 8.24. The molecule has 32 heavy (non-hydrogen) atoms. The van der Waals surface area contributed by atoms with Gasteiger partial charge in [-0.05, 0) is 47.4 Å². The van der Waals surface area contributed by atoms with Gasteiger partial charge in [0.15, 0.2) is 0 Å². The fourth-order valence-corrected chi connectivity index (χ4v) is 5.22. The van der Waals surface area contributed by atoms with Crippen molar-refractivity contribution in [1.82, 2.24) is 14.9 Å². The Labute approximate surface area is 187 Å². The molecule has 3 atom stereocenters. The first-order valence-corrected chi connectivity index (χ1v) is 10.8. The number of hydrogen-bond acceptors (Lipinski definition) is 6. The highest BCUT2D eigenvalue weighted by Gasteiger charge is 2.48. The van der Waals surface area contributed by atoms with Crippen LogP contribution in [0.5, 0.6) is 5.75 Å². The van der Waals surface area contributed by atoms with Crippen molar-refractivity contribution in [2.24, 2.45) is 5.92 Å². The molecule has 2 aliphatic heterocycles. The molecule has 3 heterocycles. The van der Waals surface area contributed by atoms with Crippen molar-refractivity contribution in [2.75, 3.05) is 32.2 Å². The van der Waals surface area contributed by atoms with Crippen LogP contribution in [0.25, 0.3) is 11.1 Å². The molecule has 2 aromatic carbocycles. The Balaban J connectivity index is 1.60. The van der Waals surface area contributed by atoms with Crippen LogP contribution in [-0.2, 0) is 0 Å². The minimum absolute atomic E-state index is 0.0436. The molecule has 0 bridgehead atoms. The fourth-order valence-electron chi connectivity index (χ4n) is 5.22. The molecule has 1 amide bonds. The van der Waals surface area contributed by atoms with Crippen LogP contribution >= 0.6 is 0 Å². The highest BCUT2D eigenvalue weighted by atomic mass is 16.5. The van der Waals surface area contributed by atoms with Crippen molar-refractivity contribution in [1.29, 1.82) is 0 Å². The Morgan fingerprint density at radius 2 is 2.03 bits per heavy atom. The maximum Gasteiger partial charge on any atom is 0.274 e. The van der Waals surface area contributed by atoms with Gasteiger partial charge in [-0.3, -0.25) is 9.78 Å². The molecule has 1 aromatic heterocycles. The Morgan fingerprint density at radius 1 is 1.19 bits per heavy atom. The standard InChI is InChI=1S/C25H26N4O3/c1-28-22-7-6-17(16-4-3-5-18(12-16)32-2)13-20(22)24-19(23(28)15-30)8-11-29(24)25(31)21-14-26-9-10-27-21/h3-7,9-10,12-14,19,23-24,30H,8,11,15H2,1-2H3/t19-,23+,24-/m0/s1. The van der Waals surface area contributed by atoms with Crippen LogP contribution in [0.2, 0.25) is 0 Å². The molecule has 1 fully saturated rings. The molecule has 0 aliphatic carbocycles. The van der Waals surface area contributed by atoms with Gasteiger partial charge in [0.05, 0.1) is 32.0 Å². The first kappa shape index (κ1) is 20.5. The summed E-state index contributed by atoms with van der Waals surface area (Å²) in [5.41, 5.74) is 4.60. The second-order valence-electron chi connectivity index (χ2n) is 8.35. The molecule has 3 aromatic rings. The average Bonchev–Trinajstić information content (AvgIpc) is 3.29. The van der Waals surface area contributed by atoms with E-state index in [1.807, 2.05) is 30.1 Å². The summed E-state index contributed by atoms with van der Waals surface area (Å²) >= 11 is 0. The maximum atomic E-state index is 13.4. The molecule has 0 spiro atoms. The normalized spacial score (nSPS) is 21.8. The number of carbonyl (C=O) groups is 1. The van der Waals surface area contributed by atoms with Crippen LogP contribution in [-0.4, -0.2) is 59.2 Å². The molecule has 164 valence electrons. The van der Waals surface area contributed by atoms with Crippen LogP contribution in [0.1, 0.15) is 28.5 Å². The minimum atomic E-state index is -0.126. The zero-order valence-corrected chi connectivity index (χ0v) is 18.2. The lowest BCUT2D eigenvalue weighted by atomic mass is 9.81. The van der Waals surface area contributed by atoms with E-state index in [4.69, 9.17) is 4.74 Å². The van der Waals surface area contributed by atoms with Crippen LogP contribution in [0.4, 0.5) is 5.69 Å². The average molecular weight is 431 g/mol. The number of ether oxygens (including phenoxy) is 1. The van der Waals surface area contributed by atoms with E-state index in [0.29, 0.717) is 12.2 Å². The number of aliphatic hydroxyl groups excluding tert-OH is 1. The molecule has 1 N–H and O–H groups in total. The summed E-state index contributed by atoms with van der Waals surface area (Å²) in [6, 6.07) is 14.2. The number of rotatable bonds is 4. The first-order valence-electron chi connectivity index (χ1n) is 10.8. The van der Waals surface area contributed by atoms with Gasteiger partial charge in [0, 0.05) is 37.6 Å². The van der Waals surface area contributed by atoms with Crippen LogP contribution in [0, 0.1) is 5.92 Å². The van der Waals surface area contributed by atoms with E-state index < -0.39 is 0 Å². The molecule has 0 radical (unpaired) electrons. The number of aromatic nitrogens is 2.